The van der Waals surface area contributed by atoms with Gasteiger partial charge in [0.05, 0.1) is 10.5 Å². The smallest absolute Gasteiger partial charge is 0.292 e. The molecule has 0 atom stereocenters. The summed E-state index contributed by atoms with van der Waals surface area (Å²) in [5, 5.41) is 23.6. The third kappa shape index (κ3) is 4.79. The zero-order valence-corrected chi connectivity index (χ0v) is 12.5. The third-order valence-corrected chi connectivity index (χ3v) is 2.99. The summed E-state index contributed by atoms with van der Waals surface area (Å²) in [4.78, 5) is 12.6. The maximum atomic E-state index is 10.9. The summed E-state index contributed by atoms with van der Waals surface area (Å²) in [7, 11) is 1.67. The van der Waals surface area contributed by atoms with Crippen LogP contribution in [0.15, 0.2) is 18.2 Å². The lowest BCUT2D eigenvalue weighted by molar-refractivity contribution is -0.384. The molecule has 1 aromatic rings. The first-order valence-corrected chi connectivity index (χ1v) is 6.66. The standard InChI is InChI=1S/C14H23N3O3/c1-5-16(10-14(2,3)18)9-11-6-7-13(17(19)20)12(8-11)15-4/h6-8,15,18H,5,9-10H2,1-4H3. The number of aliphatic hydroxyl groups is 1. The van der Waals surface area contributed by atoms with Crippen LogP contribution in [0, 0.1) is 10.1 Å². The van der Waals surface area contributed by atoms with Crippen molar-refractivity contribution in [3.8, 4) is 0 Å². The van der Waals surface area contributed by atoms with Crippen LogP contribution in [0.3, 0.4) is 0 Å². The fourth-order valence-corrected chi connectivity index (χ4v) is 2.13. The number of nitrogens with zero attached hydrogens (tertiary/aromatic N) is 2. The molecule has 0 aliphatic carbocycles. The summed E-state index contributed by atoms with van der Waals surface area (Å²) in [5.74, 6) is 0. The number of nitro groups is 1. The van der Waals surface area contributed by atoms with Crippen molar-refractivity contribution >= 4 is 11.4 Å². The van der Waals surface area contributed by atoms with Crippen LogP contribution < -0.4 is 5.32 Å². The van der Waals surface area contributed by atoms with Crippen molar-refractivity contribution in [3.05, 3.63) is 33.9 Å². The summed E-state index contributed by atoms with van der Waals surface area (Å²) < 4.78 is 0. The van der Waals surface area contributed by atoms with Gasteiger partial charge in [-0.05, 0) is 32.0 Å². The Hall–Kier alpha value is -1.66. The second kappa shape index (κ2) is 6.67. The number of rotatable bonds is 7. The minimum atomic E-state index is -0.761. The summed E-state index contributed by atoms with van der Waals surface area (Å²) in [6.45, 7) is 7.56. The molecule has 0 aliphatic heterocycles. The highest BCUT2D eigenvalue weighted by molar-refractivity contribution is 5.62. The van der Waals surface area contributed by atoms with Crippen LogP contribution in [0.1, 0.15) is 26.3 Å². The normalized spacial score (nSPS) is 11.7. The van der Waals surface area contributed by atoms with E-state index in [-0.39, 0.29) is 5.69 Å². The molecule has 0 spiro atoms. The Morgan fingerprint density at radius 1 is 1.45 bits per heavy atom. The molecule has 0 amide bonds. The van der Waals surface area contributed by atoms with E-state index in [1.807, 2.05) is 6.92 Å². The van der Waals surface area contributed by atoms with Gasteiger partial charge in [0.25, 0.3) is 5.69 Å². The molecule has 0 unspecified atom stereocenters. The van der Waals surface area contributed by atoms with Gasteiger partial charge in [-0.2, -0.15) is 0 Å². The minimum Gasteiger partial charge on any atom is -0.389 e. The second-order valence-electron chi connectivity index (χ2n) is 5.47. The van der Waals surface area contributed by atoms with E-state index in [9.17, 15) is 15.2 Å². The van der Waals surface area contributed by atoms with E-state index in [1.165, 1.54) is 6.07 Å². The van der Waals surface area contributed by atoms with E-state index < -0.39 is 10.5 Å². The van der Waals surface area contributed by atoms with Gasteiger partial charge in [-0.25, -0.2) is 0 Å². The molecule has 1 aromatic carbocycles. The van der Waals surface area contributed by atoms with Crippen molar-refractivity contribution < 1.29 is 10.0 Å². The zero-order valence-electron chi connectivity index (χ0n) is 12.5. The predicted octanol–water partition coefficient (Wildman–Crippen LogP) is 2.23. The second-order valence-corrected chi connectivity index (χ2v) is 5.47. The summed E-state index contributed by atoms with van der Waals surface area (Å²) in [5.41, 5.74) is 0.794. The van der Waals surface area contributed by atoms with Crippen LogP contribution >= 0.6 is 0 Å². The molecule has 0 fully saturated rings. The molecular weight excluding hydrogens is 258 g/mol. The molecule has 6 heteroatoms. The van der Waals surface area contributed by atoms with Crippen molar-refractivity contribution in [2.45, 2.75) is 32.9 Å². The van der Waals surface area contributed by atoms with E-state index in [0.29, 0.717) is 18.8 Å². The Morgan fingerprint density at radius 3 is 2.55 bits per heavy atom. The zero-order chi connectivity index (χ0) is 15.3. The van der Waals surface area contributed by atoms with Gasteiger partial charge in [-0.1, -0.05) is 13.0 Å². The van der Waals surface area contributed by atoms with Gasteiger partial charge in [0.1, 0.15) is 5.69 Å². The summed E-state index contributed by atoms with van der Waals surface area (Å²) >= 11 is 0. The van der Waals surface area contributed by atoms with E-state index in [2.05, 4.69) is 10.2 Å². The molecule has 0 radical (unpaired) electrons. The first kappa shape index (κ1) is 16.4. The molecule has 0 saturated carbocycles. The molecule has 20 heavy (non-hydrogen) atoms. The SMILES string of the molecule is CCN(Cc1ccc([N+](=O)[O-])c(NC)c1)CC(C)(C)O. The quantitative estimate of drug-likeness (QED) is 0.592. The Bertz CT molecular complexity index is 469. The molecule has 6 nitrogen and oxygen atoms in total. The number of benzene rings is 1. The molecule has 0 bridgehead atoms. The van der Waals surface area contributed by atoms with Crippen LogP contribution in [0.5, 0.6) is 0 Å². The molecule has 2 N–H and O–H groups in total. The number of hydrogen-bond donors (Lipinski definition) is 2. The van der Waals surface area contributed by atoms with Crippen molar-refractivity contribution in [1.82, 2.24) is 4.90 Å². The topological polar surface area (TPSA) is 78.6 Å². The van der Waals surface area contributed by atoms with Gasteiger partial charge in [0.15, 0.2) is 0 Å². The molecule has 0 saturated heterocycles. The largest absolute Gasteiger partial charge is 0.389 e. The number of likely N-dealkylation sites (N-methyl/N-ethyl adjacent to an activating group) is 1. The van der Waals surface area contributed by atoms with Gasteiger partial charge in [0.2, 0.25) is 0 Å². The van der Waals surface area contributed by atoms with Crippen LogP contribution in [-0.4, -0.2) is 40.7 Å². The number of nitro benzene ring substituents is 1. The van der Waals surface area contributed by atoms with Crippen molar-refractivity contribution in [2.75, 3.05) is 25.5 Å². The first-order valence-electron chi connectivity index (χ1n) is 6.66. The highest BCUT2D eigenvalue weighted by Gasteiger charge is 2.18. The maximum Gasteiger partial charge on any atom is 0.292 e. The van der Waals surface area contributed by atoms with Gasteiger partial charge < -0.3 is 10.4 Å². The van der Waals surface area contributed by atoms with E-state index >= 15 is 0 Å². The molecule has 112 valence electrons. The molecular formula is C14H23N3O3. The van der Waals surface area contributed by atoms with Crippen LogP contribution in [-0.2, 0) is 6.54 Å². The van der Waals surface area contributed by atoms with Gasteiger partial charge in [-0.15, -0.1) is 0 Å². The number of hydrogen-bond acceptors (Lipinski definition) is 5. The summed E-state index contributed by atoms with van der Waals surface area (Å²) in [6.07, 6.45) is 0. The van der Waals surface area contributed by atoms with Crippen LogP contribution in [0.4, 0.5) is 11.4 Å². The molecule has 0 aromatic heterocycles. The fourth-order valence-electron chi connectivity index (χ4n) is 2.13. The molecule has 1 rings (SSSR count). The van der Waals surface area contributed by atoms with Crippen molar-refractivity contribution in [3.63, 3.8) is 0 Å². The van der Waals surface area contributed by atoms with Crippen molar-refractivity contribution in [2.24, 2.45) is 0 Å². The fraction of sp³-hybridized carbons (Fsp3) is 0.571. The van der Waals surface area contributed by atoms with Gasteiger partial charge in [-0.3, -0.25) is 15.0 Å². The Morgan fingerprint density at radius 2 is 2.10 bits per heavy atom. The van der Waals surface area contributed by atoms with Crippen molar-refractivity contribution in [1.29, 1.82) is 0 Å². The lowest BCUT2D eigenvalue weighted by Gasteiger charge is -2.28. The maximum absolute atomic E-state index is 10.9. The first-order chi connectivity index (χ1) is 9.26. The van der Waals surface area contributed by atoms with Crippen LogP contribution in [0.2, 0.25) is 0 Å². The van der Waals surface area contributed by atoms with E-state index in [1.54, 1.807) is 33.0 Å². The monoisotopic (exact) mass is 281 g/mol. The summed E-state index contributed by atoms with van der Waals surface area (Å²) in [6, 6.07) is 5.05. The highest BCUT2D eigenvalue weighted by Crippen LogP contribution is 2.25. The predicted molar refractivity (Wildman–Crippen MR) is 79.9 cm³/mol. The van der Waals surface area contributed by atoms with E-state index in [4.69, 9.17) is 0 Å². The Balaban J connectivity index is 2.89. The van der Waals surface area contributed by atoms with E-state index in [0.717, 1.165) is 12.1 Å². The average molecular weight is 281 g/mol. The lowest BCUT2D eigenvalue weighted by Crippen LogP contribution is -2.38. The highest BCUT2D eigenvalue weighted by atomic mass is 16.6. The Kier molecular flexibility index (Phi) is 5.47. The van der Waals surface area contributed by atoms with Gasteiger partial charge >= 0.3 is 0 Å². The minimum absolute atomic E-state index is 0.0711. The molecule has 0 aliphatic rings. The average Bonchev–Trinajstić information content (AvgIpc) is 2.35. The number of anilines is 1. The molecule has 0 heterocycles. The number of nitrogens with one attached hydrogen (secondary N) is 1. The lowest BCUT2D eigenvalue weighted by atomic mass is 10.1. The van der Waals surface area contributed by atoms with Crippen LogP contribution in [0.25, 0.3) is 0 Å². The van der Waals surface area contributed by atoms with Gasteiger partial charge in [0, 0.05) is 26.2 Å². The third-order valence-electron chi connectivity index (χ3n) is 2.99. The Labute approximate surface area is 119 Å².